The smallest absolute Gasteiger partial charge is 0.252 e. The van der Waals surface area contributed by atoms with Crippen LogP contribution in [0.15, 0.2) is 224 Å². The minimum Gasteiger partial charge on any atom is -0.311 e. The molecule has 0 bridgehead atoms. The van der Waals surface area contributed by atoms with Gasteiger partial charge in [0.1, 0.15) is 0 Å². The second-order valence-electron chi connectivity index (χ2n) is 35.2. The summed E-state index contributed by atoms with van der Waals surface area (Å²) in [6.07, 6.45) is 4.74. The van der Waals surface area contributed by atoms with Gasteiger partial charge in [0.15, 0.2) is 0 Å². The van der Waals surface area contributed by atoms with E-state index in [1.807, 2.05) is 0 Å². The van der Waals surface area contributed by atoms with Crippen molar-refractivity contribution in [1.29, 1.82) is 0 Å². The summed E-state index contributed by atoms with van der Waals surface area (Å²) in [5.41, 5.74) is 34.6. The standard InChI is InChI=1S/C94H96BN3/c1-88(2,3)67-35-26-61(27-36-67)66-55-85-87-86(56-66)97(71-39-30-60(31-40-71)63-33-43-76-78(53-63)94(16,17)49-47-92(76,12)13)84-58-72(98-81-24-20-18-22-73(81)74-23-19-21-25-82(74)98)41-44-79(84)95(87)80-54-64(65-50-68(89(4,5)6)57-69(51-65)90(7,8)9)34-45-83(80)96(85)70-37-28-59(29-38-70)62-32-42-75-77(52-62)93(14,15)48-46-91(75,10)11/h18-45,50-58H,46-49H2,1-17H3. The van der Waals surface area contributed by atoms with Gasteiger partial charge in [0, 0.05) is 50.6 Å². The van der Waals surface area contributed by atoms with Gasteiger partial charge >= 0.3 is 0 Å². The maximum atomic E-state index is 2.63. The number of fused-ring (bicyclic) bond motifs is 9. The van der Waals surface area contributed by atoms with Crippen molar-refractivity contribution >= 4 is 79.0 Å². The predicted octanol–water partition coefficient (Wildman–Crippen LogP) is 24.1. The van der Waals surface area contributed by atoms with E-state index in [0.29, 0.717) is 0 Å². The summed E-state index contributed by atoms with van der Waals surface area (Å²) in [4.78, 5) is 5.25. The van der Waals surface area contributed by atoms with E-state index in [1.165, 1.54) is 170 Å². The first kappa shape index (κ1) is 63.6. The molecule has 0 saturated heterocycles. The molecule has 3 heterocycles. The topological polar surface area (TPSA) is 11.4 Å². The SMILES string of the molecule is CC(C)(C)c1ccc(-c2cc3c4c(c2)N(c2ccc(-c5ccc6c(c5)C(C)(C)CCC6(C)C)cc2)c2cc(-n5c6ccccc6c6ccccc65)ccc2B4c2cc(-c4cc(C(C)(C)C)cc(C(C)(C)C)c4)ccc2N3c2ccc(-c3ccc4c(c3)C(C)(C)CCC4(C)C)cc2)cc1. The second kappa shape index (κ2) is 22.2. The average molecular weight is 1280 g/mol. The van der Waals surface area contributed by atoms with Crippen LogP contribution in [0.4, 0.5) is 34.1 Å². The molecular weight excluding hydrogens is 1180 g/mol. The van der Waals surface area contributed by atoms with Gasteiger partial charge in [-0.3, -0.25) is 0 Å². The largest absolute Gasteiger partial charge is 0.311 e. The Morgan fingerprint density at radius 1 is 0.286 bits per heavy atom. The average Bonchev–Trinajstić information content (AvgIpc) is 0.766. The van der Waals surface area contributed by atoms with Crippen molar-refractivity contribution in [1.82, 2.24) is 4.57 Å². The molecule has 0 N–H and O–H groups in total. The van der Waals surface area contributed by atoms with E-state index in [-0.39, 0.29) is 44.6 Å². The first-order valence-corrected chi connectivity index (χ1v) is 36.3. The number of rotatable bonds is 7. The van der Waals surface area contributed by atoms with E-state index >= 15 is 0 Å². The van der Waals surface area contributed by atoms with Gasteiger partial charge in [-0.05, 0) is 230 Å². The number of anilines is 6. The van der Waals surface area contributed by atoms with Crippen LogP contribution in [0.3, 0.4) is 0 Å². The van der Waals surface area contributed by atoms with Crippen LogP contribution in [0.5, 0.6) is 0 Å². The van der Waals surface area contributed by atoms with Gasteiger partial charge in [0.05, 0.1) is 11.0 Å². The molecule has 0 spiro atoms. The van der Waals surface area contributed by atoms with E-state index < -0.39 is 0 Å². The molecule has 98 heavy (non-hydrogen) atoms. The van der Waals surface area contributed by atoms with Gasteiger partial charge in [0.2, 0.25) is 0 Å². The third kappa shape index (κ3) is 10.5. The summed E-state index contributed by atoms with van der Waals surface area (Å²) in [5, 5.41) is 2.50. The highest BCUT2D eigenvalue weighted by atomic mass is 15.2. The Kier molecular flexibility index (Phi) is 14.4. The third-order valence-electron chi connectivity index (χ3n) is 23.6. The van der Waals surface area contributed by atoms with Crippen LogP contribution in [0, 0.1) is 0 Å². The van der Waals surface area contributed by atoms with Crippen molar-refractivity contribution in [3.63, 3.8) is 0 Å². The van der Waals surface area contributed by atoms with Crippen LogP contribution in [0.2, 0.25) is 0 Å². The lowest BCUT2D eigenvalue weighted by Gasteiger charge is -2.45. The van der Waals surface area contributed by atoms with E-state index in [0.717, 1.165) is 17.1 Å². The Hall–Kier alpha value is -9.12. The van der Waals surface area contributed by atoms with Crippen molar-refractivity contribution in [3.8, 4) is 50.2 Å². The zero-order valence-corrected chi connectivity index (χ0v) is 61.1. The molecule has 0 atom stereocenters. The quantitative estimate of drug-likeness (QED) is 0.147. The highest BCUT2D eigenvalue weighted by Crippen LogP contribution is 2.52. The molecular formula is C94H96BN3. The van der Waals surface area contributed by atoms with E-state index in [4.69, 9.17) is 0 Å². The highest BCUT2D eigenvalue weighted by molar-refractivity contribution is 7.00. The van der Waals surface area contributed by atoms with Gasteiger partial charge < -0.3 is 14.4 Å². The maximum Gasteiger partial charge on any atom is 0.252 e. The molecule has 0 unspecified atom stereocenters. The maximum absolute atomic E-state index is 2.63. The highest BCUT2D eigenvalue weighted by Gasteiger charge is 2.45. The zero-order valence-electron chi connectivity index (χ0n) is 61.1. The summed E-state index contributed by atoms with van der Waals surface area (Å²) >= 11 is 0. The number of benzene rings is 11. The molecule has 4 heteroatoms. The summed E-state index contributed by atoms with van der Waals surface area (Å²) < 4.78 is 2.50. The van der Waals surface area contributed by atoms with Crippen LogP contribution in [0.25, 0.3) is 72.0 Å². The van der Waals surface area contributed by atoms with Crippen molar-refractivity contribution in [2.24, 2.45) is 0 Å². The first-order valence-electron chi connectivity index (χ1n) is 36.3. The fourth-order valence-corrected chi connectivity index (χ4v) is 17.2. The first-order chi connectivity index (χ1) is 46.4. The molecule has 2 aliphatic carbocycles. The molecule has 12 aromatic rings. The van der Waals surface area contributed by atoms with Crippen molar-refractivity contribution < 1.29 is 0 Å². The van der Waals surface area contributed by atoms with Crippen molar-refractivity contribution in [3.05, 3.63) is 263 Å². The van der Waals surface area contributed by atoms with Gasteiger partial charge in [-0.15, -0.1) is 0 Å². The summed E-state index contributed by atoms with van der Waals surface area (Å²) in [6.45, 7) is 40.4. The number of para-hydroxylation sites is 2. The zero-order chi connectivity index (χ0) is 68.5. The van der Waals surface area contributed by atoms with E-state index in [9.17, 15) is 0 Å². The van der Waals surface area contributed by atoms with Gasteiger partial charge in [0.25, 0.3) is 6.71 Å². The van der Waals surface area contributed by atoms with Gasteiger partial charge in [-0.2, -0.15) is 0 Å². The second-order valence-corrected chi connectivity index (χ2v) is 35.2. The normalized spacial score (nSPS) is 16.5. The fourth-order valence-electron chi connectivity index (χ4n) is 17.2. The lowest BCUT2D eigenvalue weighted by atomic mass is 9.33. The Morgan fingerprint density at radius 3 is 1.15 bits per heavy atom. The molecule has 2 aliphatic heterocycles. The molecule has 4 aliphatic rings. The molecule has 1 aromatic heterocycles. The monoisotopic (exact) mass is 1280 g/mol. The molecule has 16 rings (SSSR count). The van der Waals surface area contributed by atoms with E-state index in [1.54, 1.807) is 0 Å². The molecule has 3 nitrogen and oxygen atoms in total. The molecule has 490 valence electrons. The molecule has 11 aromatic carbocycles. The van der Waals surface area contributed by atoms with Crippen LogP contribution in [-0.4, -0.2) is 11.3 Å². The molecule has 0 fully saturated rings. The van der Waals surface area contributed by atoms with Gasteiger partial charge in [-0.25, -0.2) is 0 Å². The minimum atomic E-state index is -0.139. The van der Waals surface area contributed by atoms with E-state index in [2.05, 4.69) is 357 Å². The van der Waals surface area contributed by atoms with Crippen LogP contribution >= 0.6 is 0 Å². The van der Waals surface area contributed by atoms with Crippen LogP contribution in [0.1, 0.15) is 182 Å². The number of hydrogen-bond acceptors (Lipinski definition) is 2. The summed E-state index contributed by atoms with van der Waals surface area (Å²) in [7, 11) is 0. The number of aromatic nitrogens is 1. The Balaban J connectivity index is 0.966. The summed E-state index contributed by atoms with van der Waals surface area (Å²) in [6, 6.07) is 88.4. The summed E-state index contributed by atoms with van der Waals surface area (Å²) in [5.74, 6) is 0. The predicted molar refractivity (Wildman–Crippen MR) is 423 cm³/mol. The number of nitrogens with zero attached hydrogens (tertiary/aromatic N) is 3. The Bertz CT molecular complexity index is 5110. The van der Waals surface area contributed by atoms with Crippen molar-refractivity contribution in [2.75, 3.05) is 9.80 Å². The minimum absolute atomic E-state index is 0.0000353. The fraction of sp³-hybridized carbons (Fsp3) is 0.298. The molecule has 0 radical (unpaired) electrons. The van der Waals surface area contributed by atoms with Crippen LogP contribution < -0.4 is 26.2 Å². The van der Waals surface area contributed by atoms with Gasteiger partial charge in [-0.1, -0.05) is 275 Å². The van der Waals surface area contributed by atoms with Crippen molar-refractivity contribution in [2.45, 2.75) is 181 Å². The lowest BCUT2D eigenvalue weighted by molar-refractivity contribution is 0.332. The molecule has 0 saturated carbocycles. The Labute approximate surface area is 584 Å². The number of hydrogen-bond donors (Lipinski definition) is 0. The molecule has 0 amide bonds. The van der Waals surface area contributed by atoms with Crippen LogP contribution in [-0.2, 0) is 37.9 Å². The Morgan fingerprint density at radius 2 is 0.673 bits per heavy atom. The third-order valence-corrected chi connectivity index (χ3v) is 23.6. The lowest BCUT2D eigenvalue weighted by Crippen LogP contribution is -2.61.